The molecule has 1 aliphatic rings. The van der Waals surface area contributed by atoms with Crippen LogP contribution < -0.4 is 5.43 Å². The Kier molecular flexibility index (Phi) is 3.58. The molecule has 3 aromatic carbocycles. The summed E-state index contributed by atoms with van der Waals surface area (Å²) in [7, 11) is 0. The number of fused-ring (bicyclic) bond motifs is 3. The Bertz CT molecular complexity index is 1110. The lowest BCUT2D eigenvalue weighted by Crippen LogP contribution is -2.21. The number of nitrogens with zero attached hydrogens (tertiary/aromatic N) is 3. The second-order valence-electron chi connectivity index (χ2n) is 5.88. The van der Waals surface area contributed by atoms with Crippen LogP contribution in [0.15, 0.2) is 59.7 Å². The third-order valence-electron chi connectivity index (χ3n) is 4.40. The molecule has 0 heterocycles. The van der Waals surface area contributed by atoms with E-state index in [0.717, 1.165) is 22.7 Å². The standard InChI is InChI=1S/C18H12N4O4/c23-21(24)12-6-8-16(18(9-12)22(25)26)19-20-17-10-15-13-4-2-1-3-11(13)5-7-14(15)17/h1-9,19H,10H2/b20-17-. The van der Waals surface area contributed by atoms with Crippen LogP contribution in [0.3, 0.4) is 0 Å². The average Bonchev–Trinajstić information content (AvgIpc) is 2.61. The Labute approximate surface area is 147 Å². The summed E-state index contributed by atoms with van der Waals surface area (Å²) in [5.41, 5.74) is 5.05. The van der Waals surface area contributed by atoms with Gasteiger partial charge in [-0.05, 0) is 22.4 Å². The topological polar surface area (TPSA) is 111 Å². The maximum absolute atomic E-state index is 11.2. The third-order valence-corrected chi connectivity index (χ3v) is 4.40. The summed E-state index contributed by atoms with van der Waals surface area (Å²) in [5, 5.41) is 28.5. The SMILES string of the molecule is O=[N+]([O-])c1ccc(N/N=C2/Cc3c2ccc2ccccc32)c([N+](=O)[O-])c1. The van der Waals surface area contributed by atoms with E-state index in [0.29, 0.717) is 6.42 Å². The Morgan fingerprint density at radius 1 is 0.962 bits per heavy atom. The Balaban J connectivity index is 1.65. The quantitative estimate of drug-likeness (QED) is 0.565. The maximum Gasteiger partial charge on any atom is 0.301 e. The van der Waals surface area contributed by atoms with Gasteiger partial charge in [-0.2, -0.15) is 5.10 Å². The van der Waals surface area contributed by atoms with Crippen molar-refractivity contribution in [3.05, 3.63) is 86.0 Å². The molecule has 0 unspecified atom stereocenters. The van der Waals surface area contributed by atoms with Gasteiger partial charge in [-0.3, -0.25) is 25.7 Å². The number of non-ortho nitro benzene ring substituents is 1. The molecule has 1 N–H and O–H groups in total. The second kappa shape index (κ2) is 5.92. The number of nitro groups is 2. The summed E-state index contributed by atoms with van der Waals surface area (Å²) in [6, 6.07) is 15.5. The minimum Gasteiger partial charge on any atom is -0.271 e. The zero-order valence-electron chi connectivity index (χ0n) is 13.4. The molecule has 0 bridgehead atoms. The molecule has 4 rings (SSSR count). The van der Waals surface area contributed by atoms with E-state index in [1.54, 1.807) is 0 Å². The molecular formula is C18H12N4O4. The van der Waals surface area contributed by atoms with Gasteiger partial charge in [0.2, 0.25) is 0 Å². The van der Waals surface area contributed by atoms with Crippen molar-refractivity contribution in [1.82, 2.24) is 0 Å². The van der Waals surface area contributed by atoms with Crippen LogP contribution in [-0.2, 0) is 6.42 Å². The third kappa shape index (κ3) is 2.53. The molecule has 3 aromatic rings. The number of hydrogen-bond acceptors (Lipinski definition) is 6. The van der Waals surface area contributed by atoms with Crippen molar-refractivity contribution >= 4 is 33.5 Å². The van der Waals surface area contributed by atoms with Gasteiger partial charge in [-0.25, -0.2) is 0 Å². The number of benzene rings is 3. The summed E-state index contributed by atoms with van der Waals surface area (Å²) < 4.78 is 0. The van der Waals surface area contributed by atoms with Gasteiger partial charge >= 0.3 is 5.69 Å². The van der Waals surface area contributed by atoms with Crippen LogP contribution >= 0.6 is 0 Å². The van der Waals surface area contributed by atoms with Gasteiger partial charge in [0.15, 0.2) is 0 Å². The van der Waals surface area contributed by atoms with E-state index in [-0.39, 0.29) is 17.1 Å². The molecular weight excluding hydrogens is 336 g/mol. The average molecular weight is 348 g/mol. The first-order valence-corrected chi connectivity index (χ1v) is 7.81. The minimum absolute atomic E-state index is 0.113. The summed E-state index contributed by atoms with van der Waals surface area (Å²) in [4.78, 5) is 20.6. The number of nitrogens with one attached hydrogen (secondary N) is 1. The van der Waals surface area contributed by atoms with Gasteiger partial charge in [-0.1, -0.05) is 36.4 Å². The number of anilines is 1. The van der Waals surface area contributed by atoms with Crippen LogP contribution in [0.25, 0.3) is 10.8 Å². The lowest BCUT2D eigenvalue weighted by Gasteiger charge is -2.23. The highest BCUT2D eigenvalue weighted by molar-refractivity contribution is 6.15. The molecule has 0 fully saturated rings. The van der Waals surface area contributed by atoms with E-state index in [1.807, 2.05) is 30.3 Å². The van der Waals surface area contributed by atoms with E-state index in [4.69, 9.17) is 0 Å². The largest absolute Gasteiger partial charge is 0.301 e. The second-order valence-corrected chi connectivity index (χ2v) is 5.88. The number of hydrazone groups is 1. The monoisotopic (exact) mass is 348 g/mol. The Morgan fingerprint density at radius 2 is 1.77 bits per heavy atom. The molecule has 0 amide bonds. The fourth-order valence-corrected chi connectivity index (χ4v) is 3.06. The van der Waals surface area contributed by atoms with Gasteiger partial charge in [0, 0.05) is 18.1 Å². The van der Waals surface area contributed by atoms with E-state index in [9.17, 15) is 20.2 Å². The molecule has 0 saturated heterocycles. The van der Waals surface area contributed by atoms with Crippen molar-refractivity contribution in [3.8, 4) is 0 Å². The first-order chi connectivity index (χ1) is 12.5. The van der Waals surface area contributed by atoms with Crippen LogP contribution in [0.4, 0.5) is 17.1 Å². The maximum atomic E-state index is 11.2. The van der Waals surface area contributed by atoms with E-state index >= 15 is 0 Å². The molecule has 0 spiro atoms. The summed E-state index contributed by atoms with van der Waals surface area (Å²) >= 11 is 0. The molecule has 0 saturated carbocycles. The van der Waals surface area contributed by atoms with Crippen molar-refractivity contribution in [2.75, 3.05) is 5.43 Å². The van der Waals surface area contributed by atoms with Crippen molar-refractivity contribution in [2.45, 2.75) is 6.42 Å². The number of rotatable bonds is 4. The van der Waals surface area contributed by atoms with Crippen molar-refractivity contribution in [1.29, 1.82) is 0 Å². The molecule has 0 aliphatic heterocycles. The van der Waals surface area contributed by atoms with Crippen molar-refractivity contribution < 1.29 is 9.85 Å². The highest BCUT2D eigenvalue weighted by atomic mass is 16.6. The van der Waals surface area contributed by atoms with E-state index < -0.39 is 9.85 Å². The predicted octanol–water partition coefficient (Wildman–Crippen LogP) is 4.03. The van der Waals surface area contributed by atoms with Gasteiger partial charge in [0.1, 0.15) is 5.69 Å². The van der Waals surface area contributed by atoms with Gasteiger partial charge in [0.25, 0.3) is 5.69 Å². The summed E-state index contributed by atoms with van der Waals surface area (Å²) in [6.07, 6.45) is 0.657. The summed E-state index contributed by atoms with van der Waals surface area (Å²) in [5.74, 6) is 0. The summed E-state index contributed by atoms with van der Waals surface area (Å²) in [6.45, 7) is 0. The fourth-order valence-electron chi connectivity index (χ4n) is 3.06. The van der Waals surface area contributed by atoms with Crippen LogP contribution in [0, 0.1) is 20.2 Å². The van der Waals surface area contributed by atoms with Crippen molar-refractivity contribution in [2.24, 2.45) is 5.10 Å². The Morgan fingerprint density at radius 3 is 2.54 bits per heavy atom. The molecule has 0 aromatic heterocycles. The van der Waals surface area contributed by atoms with Crippen LogP contribution in [0.2, 0.25) is 0 Å². The van der Waals surface area contributed by atoms with Crippen LogP contribution in [0.5, 0.6) is 0 Å². The smallest absolute Gasteiger partial charge is 0.271 e. The first-order valence-electron chi connectivity index (χ1n) is 7.81. The molecule has 128 valence electrons. The first kappa shape index (κ1) is 15.7. The lowest BCUT2D eigenvalue weighted by atomic mass is 9.82. The zero-order valence-corrected chi connectivity index (χ0v) is 13.4. The minimum atomic E-state index is -0.671. The lowest BCUT2D eigenvalue weighted by molar-refractivity contribution is -0.393. The molecule has 0 atom stereocenters. The number of nitro benzene ring substituents is 2. The zero-order chi connectivity index (χ0) is 18.3. The highest BCUT2D eigenvalue weighted by Crippen LogP contribution is 2.33. The molecule has 8 nitrogen and oxygen atoms in total. The van der Waals surface area contributed by atoms with E-state index in [2.05, 4.69) is 16.6 Å². The molecule has 1 aliphatic carbocycles. The predicted molar refractivity (Wildman–Crippen MR) is 97.6 cm³/mol. The number of hydrogen-bond donors (Lipinski definition) is 1. The Hall–Kier alpha value is -3.81. The molecule has 0 radical (unpaired) electrons. The fraction of sp³-hybridized carbons (Fsp3) is 0.0556. The highest BCUT2D eigenvalue weighted by Gasteiger charge is 2.24. The molecule has 26 heavy (non-hydrogen) atoms. The van der Waals surface area contributed by atoms with Gasteiger partial charge < -0.3 is 0 Å². The van der Waals surface area contributed by atoms with Crippen LogP contribution in [-0.4, -0.2) is 15.6 Å². The van der Waals surface area contributed by atoms with Gasteiger partial charge in [0.05, 0.1) is 21.6 Å². The van der Waals surface area contributed by atoms with E-state index in [1.165, 1.54) is 23.1 Å². The van der Waals surface area contributed by atoms with Crippen LogP contribution in [0.1, 0.15) is 11.1 Å². The van der Waals surface area contributed by atoms with Gasteiger partial charge in [-0.15, -0.1) is 0 Å². The normalized spacial score (nSPS) is 13.9. The molecule has 8 heteroatoms. The van der Waals surface area contributed by atoms with Crippen molar-refractivity contribution in [3.63, 3.8) is 0 Å².